The van der Waals surface area contributed by atoms with E-state index in [0.29, 0.717) is 17.2 Å². The minimum Gasteiger partial charge on any atom is -0.485 e. The molecule has 21 heavy (non-hydrogen) atoms. The maximum absolute atomic E-state index is 10.6. The molecular formula is C15H13ClO4S. The summed E-state index contributed by atoms with van der Waals surface area (Å²) in [5, 5.41) is 0. The summed E-state index contributed by atoms with van der Waals surface area (Å²) < 4.78 is 15.9. The van der Waals surface area contributed by atoms with Gasteiger partial charge >= 0.3 is 5.43 Å². The summed E-state index contributed by atoms with van der Waals surface area (Å²) in [7, 11) is 0. The van der Waals surface area contributed by atoms with E-state index in [1.165, 1.54) is 0 Å². The molecule has 0 aromatic heterocycles. The van der Waals surface area contributed by atoms with Gasteiger partial charge in [0.05, 0.1) is 0 Å². The van der Waals surface area contributed by atoms with E-state index in [1.807, 2.05) is 42.5 Å². The van der Waals surface area contributed by atoms with Gasteiger partial charge in [-0.15, -0.1) is 12.6 Å². The van der Waals surface area contributed by atoms with E-state index in [1.54, 1.807) is 12.1 Å². The first-order valence-electron chi connectivity index (χ1n) is 6.14. The Morgan fingerprint density at radius 3 is 2.33 bits per heavy atom. The van der Waals surface area contributed by atoms with Gasteiger partial charge in [-0.2, -0.15) is 0 Å². The van der Waals surface area contributed by atoms with Crippen molar-refractivity contribution >= 4 is 29.7 Å². The summed E-state index contributed by atoms with van der Waals surface area (Å²) in [6.07, 6.45) is 0. The zero-order chi connectivity index (χ0) is 15.1. The van der Waals surface area contributed by atoms with Gasteiger partial charge in [0.2, 0.25) is 0 Å². The quantitative estimate of drug-likeness (QED) is 0.483. The Bertz CT molecular complexity index is 591. The van der Waals surface area contributed by atoms with Gasteiger partial charge in [-0.25, -0.2) is 4.79 Å². The zero-order valence-electron chi connectivity index (χ0n) is 10.9. The van der Waals surface area contributed by atoms with Gasteiger partial charge < -0.3 is 14.2 Å². The van der Waals surface area contributed by atoms with Crippen molar-refractivity contribution in [1.29, 1.82) is 0 Å². The Labute approximate surface area is 133 Å². The molecule has 0 aliphatic rings. The van der Waals surface area contributed by atoms with Crippen LogP contribution in [0.2, 0.25) is 0 Å². The molecule has 1 atom stereocenters. The minimum absolute atomic E-state index is 0.0523. The van der Waals surface area contributed by atoms with E-state index >= 15 is 0 Å². The summed E-state index contributed by atoms with van der Waals surface area (Å²) in [5.74, 6) is 1.77. The average molecular weight is 325 g/mol. The zero-order valence-corrected chi connectivity index (χ0v) is 12.6. The van der Waals surface area contributed by atoms with Crippen molar-refractivity contribution in [3.63, 3.8) is 0 Å². The van der Waals surface area contributed by atoms with Crippen LogP contribution in [0.3, 0.4) is 0 Å². The molecule has 0 spiro atoms. The predicted octanol–water partition coefficient (Wildman–Crippen LogP) is 4.49. The summed E-state index contributed by atoms with van der Waals surface area (Å²) in [6.45, 7) is 0.0523. The van der Waals surface area contributed by atoms with Gasteiger partial charge in [-0.1, -0.05) is 30.3 Å². The van der Waals surface area contributed by atoms with Crippen LogP contribution in [0.25, 0.3) is 0 Å². The molecule has 4 nitrogen and oxygen atoms in total. The second kappa shape index (κ2) is 7.81. The summed E-state index contributed by atoms with van der Waals surface area (Å²) in [4.78, 5) is 10.6. The van der Waals surface area contributed by atoms with Crippen LogP contribution >= 0.6 is 24.2 Å². The lowest BCUT2D eigenvalue weighted by atomic mass is 10.3. The van der Waals surface area contributed by atoms with Crippen molar-refractivity contribution < 1.29 is 19.0 Å². The van der Waals surface area contributed by atoms with Crippen molar-refractivity contribution in [2.45, 2.75) is 5.44 Å². The molecular weight excluding hydrogens is 312 g/mol. The van der Waals surface area contributed by atoms with Gasteiger partial charge in [0.25, 0.3) is 0 Å². The number of carbonyl (C=O) groups excluding carboxylic acids is 1. The largest absolute Gasteiger partial charge is 0.485 e. The highest BCUT2D eigenvalue weighted by Gasteiger charge is 2.11. The lowest BCUT2D eigenvalue weighted by Crippen LogP contribution is -2.17. The Morgan fingerprint density at radius 2 is 1.67 bits per heavy atom. The summed E-state index contributed by atoms with van der Waals surface area (Å²) in [6, 6.07) is 16.5. The molecule has 2 rings (SSSR count). The van der Waals surface area contributed by atoms with Gasteiger partial charge in [0, 0.05) is 11.6 Å². The minimum atomic E-state index is -0.924. The Hall–Kier alpha value is -1.85. The third-order valence-electron chi connectivity index (χ3n) is 2.43. The van der Waals surface area contributed by atoms with Crippen molar-refractivity contribution in [3.05, 3.63) is 54.6 Å². The Balaban J connectivity index is 2.01. The molecule has 110 valence electrons. The number of para-hydroxylation sites is 3. The molecule has 0 saturated heterocycles. The normalized spacial score (nSPS) is 11.5. The maximum Gasteiger partial charge on any atom is 0.405 e. The second-order valence-electron chi connectivity index (χ2n) is 3.98. The van der Waals surface area contributed by atoms with Crippen LogP contribution in [-0.4, -0.2) is 17.5 Å². The molecule has 2 aromatic carbocycles. The number of hydrogen-bond acceptors (Lipinski definition) is 5. The van der Waals surface area contributed by atoms with E-state index in [9.17, 15) is 4.79 Å². The Morgan fingerprint density at radius 1 is 1.05 bits per heavy atom. The molecule has 6 heteroatoms. The highest BCUT2D eigenvalue weighted by atomic mass is 35.5. The fourth-order valence-corrected chi connectivity index (χ4v) is 1.91. The molecule has 0 bridgehead atoms. The van der Waals surface area contributed by atoms with E-state index < -0.39 is 10.9 Å². The van der Waals surface area contributed by atoms with E-state index in [4.69, 9.17) is 21.1 Å². The van der Waals surface area contributed by atoms with Crippen LogP contribution in [0, 0.1) is 0 Å². The van der Waals surface area contributed by atoms with E-state index in [0.717, 1.165) is 0 Å². The standard InChI is InChI=1S/C15H13ClO4S/c16-15(17)20-14(21)10-18-12-8-4-5-9-13(12)19-11-6-2-1-3-7-11/h1-9,14,21H,10H2. The van der Waals surface area contributed by atoms with Crippen LogP contribution in [0.5, 0.6) is 17.2 Å². The molecule has 0 amide bonds. The van der Waals surface area contributed by atoms with E-state index in [-0.39, 0.29) is 6.61 Å². The van der Waals surface area contributed by atoms with Crippen molar-refractivity contribution in [1.82, 2.24) is 0 Å². The first-order valence-corrected chi connectivity index (χ1v) is 7.03. The third-order valence-corrected chi connectivity index (χ3v) is 2.77. The number of rotatable bonds is 6. The van der Waals surface area contributed by atoms with Crippen molar-refractivity contribution in [3.8, 4) is 17.2 Å². The molecule has 2 aromatic rings. The number of benzene rings is 2. The third kappa shape index (κ3) is 5.21. The van der Waals surface area contributed by atoms with Gasteiger partial charge in [0.15, 0.2) is 16.9 Å². The summed E-state index contributed by atoms with van der Waals surface area (Å²) in [5.41, 5.74) is -1.67. The molecule has 0 radical (unpaired) electrons. The van der Waals surface area contributed by atoms with Gasteiger partial charge in [-0.3, -0.25) is 0 Å². The number of carbonyl (C=O) groups is 1. The van der Waals surface area contributed by atoms with E-state index in [2.05, 4.69) is 17.4 Å². The van der Waals surface area contributed by atoms with Crippen molar-refractivity contribution in [2.24, 2.45) is 0 Å². The first kappa shape index (κ1) is 15.5. The van der Waals surface area contributed by atoms with Gasteiger partial charge in [-0.05, 0) is 24.3 Å². The second-order valence-corrected chi connectivity index (χ2v) is 4.87. The fourth-order valence-electron chi connectivity index (χ4n) is 1.57. The highest BCUT2D eigenvalue weighted by molar-refractivity contribution is 7.80. The SMILES string of the molecule is O=C(Cl)OC(S)COc1ccccc1Oc1ccccc1. The Kier molecular flexibility index (Phi) is 5.78. The monoisotopic (exact) mass is 324 g/mol. The average Bonchev–Trinajstić information content (AvgIpc) is 2.47. The fraction of sp³-hybridized carbons (Fsp3) is 0.133. The van der Waals surface area contributed by atoms with Crippen LogP contribution < -0.4 is 9.47 Å². The highest BCUT2D eigenvalue weighted by Crippen LogP contribution is 2.31. The molecule has 0 heterocycles. The number of hydrogen-bond donors (Lipinski definition) is 1. The lowest BCUT2D eigenvalue weighted by molar-refractivity contribution is 0.130. The molecule has 0 saturated carbocycles. The number of halogens is 1. The topological polar surface area (TPSA) is 44.8 Å². The van der Waals surface area contributed by atoms with Crippen LogP contribution in [0.4, 0.5) is 4.79 Å². The smallest absolute Gasteiger partial charge is 0.405 e. The van der Waals surface area contributed by atoms with Crippen LogP contribution in [-0.2, 0) is 4.74 Å². The number of ether oxygens (including phenoxy) is 3. The maximum atomic E-state index is 10.6. The van der Waals surface area contributed by atoms with Gasteiger partial charge in [0.1, 0.15) is 12.4 Å². The van der Waals surface area contributed by atoms with Crippen LogP contribution in [0.15, 0.2) is 54.6 Å². The first-order chi connectivity index (χ1) is 10.1. The number of thiol groups is 1. The molecule has 0 aliphatic heterocycles. The lowest BCUT2D eigenvalue weighted by Gasteiger charge is -2.14. The molecule has 0 N–H and O–H groups in total. The molecule has 0 fully saturated rings. The van der Waals surface area contributed by atoms with Crippen LogP contribution in [0.1, 0.15) is 0 Å². The van der Waals surface area contributed by atoms with Crippen molar-refractivity contribution in [2.75, 3.05) is 6.61 Å². The molecule has 1 unspecified atom stereocenters. The summed E-state index contributed by atoms with van der Waals surface area (Å²) >= 11 is 9.14. The predicted molar refractivity (Wildman–Crippen MR) is 83.6 cm³/mol. The molecule has 0 aliphatic carbocycles.